The van der Waals surface area contributed by atoms with Gasteiger partial charge in [0.1, 0.15) is 0 Å². The maximum absolute atomic E-state index is 9.68. The van der Waals surface area contributed by atoms with Gasteiger partial charge in [-0.05, 0) is 13.3 Å². The average molecular weight is 108 g/mol. The van der Waals surface area contributed by atoms with Gasteiger partial charge in [-0.3, -0.25) is 0 Å². The van der Waals surface area contributed by atoms with Crippen LogP contribution in [0.3, 0.4) is 0 Å². The van der Waals surface area contributed by atoms with Gasteiger partial charge in [0.15, 0.2) is 0 Å². The van der Waals surface area contributed by atoms with Crippen LogP contribution >= 0.6 is 0 Å². The second-order valence-electron chi connectivity index (χ2n) is 1.41. The predicted molar refractivity (Wildman–Crippen MR) is 24.3 cm³/mol. The summed E-state index contributed by atoms with van der Waals surface area (Å²) in [6, 6.07) is 0. The van der Waals surface area contributed by atoms with Crippen molar-refractivity contribution in [1.82, 2.24) is 0 Å². The Morgan fingerprint density at radius 2 is 2.14 bits per heavy atom. The maximum atomic E-state index is 9.68. The number of hydrogen-bond donors (Lipinski definition) is 0. The van der Waals surface area contributed by atoms with Crippen LogP contribution in [0.4, 0.5) is 0 Å². The quantitative estimate of drug-likeness (QED) is 0.279. The van der Waals surface area contributed by atoms with Crippen molar-refractivity contribution in [3.8, 4) is 0 Å². The molecule has 0 radical (unpaired) electrons. The minimum absolute atomic E-state index is 0. The second kappa shape index (κ2) is 6.70. The zero-order valence-electron chi connectivity index (χ0n) is 5.03. The van der Waals surface area contributed by atoms with Crippen LogP contribution < -0.4 is 34.7 Å². The van der Waals surface area contributed by atoms with E-state index in [1.807, 2.05) is 6.92 Å². The van der Waals surface area contributed by atoms with Crippen molar-refractivity contribution < 1.29 is 34.7 Å². The zero-order chi connectivity index (χ0) is 4.99. The van der Waals surface area contributed by atoms with Gasteiger partial charge in [0.05, 0.1) is 0 Å². The smallest absolute Gasteiger partial charge is 0.854 e. The fourth-order valence-electron chi connectivity index (χ4n) is 0.174. The van der Waals surface area contributed by atoms with Crippen LogP contribution in [0, 0.1) is 0 Å². The molecule has 0 amide bonds. The number of rotatable bonds is 2. The van der Waals surface area contributed by atoms with Crippen LogP contribution in [0.25, 0.3) is 0 Å². The van der Waals surface area contributed by atoms with Crippen LogP contribution in [-0.4, -0.2) is 6.61 Å². The summed E-state index contributed by atoms with van der Waals surface area (Å²) in [7, 11) is 0. The summed E-state index contributed by atoms with van der Waals surface area (Å²) in [6.45, 7) is 5.39. The van der Waals surface area contributed by atoms with Gasteiger partial charge in [0.25, 0.3) is 0 Å². The minimum Gasteiger partial charge on any atom is -0.854 e. The van der Waals surface area contributed by atoms with Crippen LogP contribution in [0.5, 0.6) is 0 Å². The Kier molecular flexibility index (Phi) is 10.2. The van der Waals surface area contributed by atoms with Crippen LogP contribution in [0.1, 0.15) is 13.3 Å². The van der Waals surface area contributed by atoms with Gasteiger partial charge in [-0.2, -0.15) is 0 Å². The molecule has 0 aliphatic heterocycles. The van der Waals surface area contributed by atoms with Gasteiger partial charge in [0, 0.05) is 0 Å². The van der Waals surface area contributed by atoms with E-state index in [0.29, 0.717) is 6.42 Å². The van der Waals surface area contributed by atoms with Crippen molar-refractivity contribution >= 4 is 0 Å². The monoisotopic (exact) mass is 108 g/mol. The van der Waals surface area contributed by atoms with E-state index >= 15 is 0 Å². The molecule has 0 spiro atoms. The topological polar surface area (TPSA) is 23.1 Å². The normalized spacial score (nSPS) is 7.14. The molecule has 7 heavy (non-hydrogen) atoms. The van der Waals surface area contributed by atoms with E-state index in [2.05, 4.69) is 6.58 Å². The molecule has 0 bridgehead atoms. The molecule has 0 aromatic rings. The molecule has 0 N–H and O–H groups in total. The van der Waals surface area contributed by atoms with Crippen molar-refractivity contribution in [2.24, 2.45) is 0 Å². The van der Waals surface area contributed by atoms with Gasteiger partial charge in [-0.1, -0.05) is 5.57 Å². The first-order valence-electron chi connectivity index (χ1n) is 2.00. The van der Waals surface area contributed by atoms with E-state index in [4.69, 9.17) is 0 Å². The van der Waals surface area contributed by atoms with Gasteiger partial charge in [0.2, 0.25) is 0 Å². The first-order chi connectivity index (χ1) is 2.77. The molecule has 0 atom stereocenters. The summed E-state index contributed by atoms with van der Waals surface area (Å²) >= 11 is 0. The fourth-order valence-corrected chi connectivity index (χ4v) is 0.174. The first kappa shape index (κ1) is 10.6. The molecule has 0 aliphatic rings. The van der Waals surface area contributed by atoms with Crippen LogP contribution in [-0.2, 0) is 0 Å². The molecule has 1 nitrogen and oxygen atoms in total. The third kappa shape index (κ3) is 10.8. The van der Waals surface area contributed by atoms with Crippen LogP contribution in [0.2, 0.25) is 0 Å². The van der Waals surface area contributed by atoms with E-state index in [9.17, 15) is 5.11 Å². The SMILES string of the molecule is C=C(C)CC[O-].[Na+]. The third-order valence-electron chi connectivity index (χ3n) is 0.529. The molecule has 0 aliphatic carbocycles. The van der Waals surface area contributed by atoms with Gasteiger partial charge in [-0.15, -0.1) is 13.2 Å². The van der Waals surface area contributed by atoms with Crippen molar-refractivity contribution in [3.05, 3.63) is 12.2 Å². The third-order valence-corrected chi connectivity index (χ3v) is 0.529. The molecular formula is C5H9NaO. The summed E-state index contributed by atoms with van der Waals surface area (Å²) in [5.41, 5.74) is 0.977. The molecule has 0 saturated carbocycles. The Morgan fingerprint density at radius 1 is 1.71 bits per heavy atom. The Balaban J connectivity index is 0. The summed E-state index contributed by atoms with van der Waals surface area (Å²) in [4.78, 5) is 0. The Bertz CT molecular complexity index is 52.0. The molecular weight excluding hydrogens is 99.0 g/mol. The van der Waals surface area contributed by atoms with Gasteiger partial charge >= 0.3 is 29.6 Å². The average Bonchev–Trinajstić information content (AvgIpc) is 1.35. The molecule has 0 saturated heterocycles. The summed E-state index contributed by atoms with van der Waals surface area (Å²) in [6.07, 6.45) is 0.625. The summed E-state index contributed by atoms with van der Waals surface area (Å²) in [5, 5.41) is 9.68. The summed E-state index contributed by atoms with van der Waals surface area (Å²) < 4.78 is 0. The Morgan fingerprint density at radius 3 is 2.14 bits per heavy atom. The maximum Gasteiger partial charge on any atom is 1.00 e. The first-order valence-corrected chi connectivity index (χ1v) is 2.00. The minimum atomic E-state index is -0.0185. The van der Waals surface area contributed by atoms with E-state index in [-0.39, 0.29) is 36.2 Å². The van der Waals surface area contributed by atoms with Crippen molar-refractivity contribution in [2.45, 2.75) is 13.3 Å². The molecule has 2 heteroatoms. The number of hydrogen-bond acceptors (Lipinski definition) is 1. The summed E-state index contributed by atoms with van der Waals surface area (Å²) in [5.74, 6) is 0. The molecule has 0 heterocycles. The zero-order valence-corrected chi connectivity index (χ0v) is 7.03. The molecule has 0 aromatic carbocycles. The molecule has 0 fully saturated rings. The largest absolute Gasteiger partial charge is 1.00 e. The van der Waals surface area contributed by atoms with Crippen molar-refractivity contribution in [3.63, 3.8) is 0 Å². The Labute approximate surface area is 66.7 Å². The predicted octanol–water partition coefficient (Wildman–Crippen LogP) is -2.68. The van der Waals surface area contributed by atoms with Crippen LogP contribution in [0.15, 0.2) is 12.2 Å². The van der Waals surface area contributed by atoms with Crippen molar-refractivity contribution in [2.75, 3.05) is 6.61 Å². The molecule has 0 unspecified atom stereocenters. The van der Waals surface area contributed by atoms with E-state index in [0.717, 1.165) is 5.57 Å². The fraction of sp³-hybridized carbons (Fsp3) is 0.600. The van der Waals surface area contributed by atoms with Gasteiger partial charge in [-0.25, -0.2) is 0 Å². The van der Waals surface area contributed by atoms with E-state index in [1.165, 1.54) is 0 Å². The molecule has 36 valence electrons. The van der Waals surface area contributed by atoms with E-state index in [1.54, 1.807) is 0 Å². The van der Waals surface area contributed by atoms with Gasteiger partial charge < -0.3 is 5.11 Å². The Hall–Kier alpha value is 0.700. The van der Waals surface area contributed by atoms with Crippen molar-refractivity contribution in [1.29, 1.82) is 0 Å². The molecule has 0 aromatic heterocycles. The standard InChI is InChI=1S/C5H9O.Na/c1-5(2)3-4-6;/h1,3-4H2,2H3;/q-1;+1. The van der Waals surface area contributed by atoms with E-state index < -0.39 is 0 Å². The molecule has 0 rings (SSSR count). The second-order valence-corrected chi connectivity index (χ2v) is 1.41.